The third kappa shape index (κ3) is 3.11. The third-order valence-corrected chi connectivity index (χ3v) is 9.47. The molecular formula is C26H30N2O3Si. The average Bonchev–Trinajstić information content (AvgIpc) is 3.12. The molecule has 1 aromatic carbocycles. The van der Waals surface area contributed by atoms with Gasteiger partial charge in [-0.2, -0.15) is 0 Å². The van der Waals surface area contributed by atoms with Gasteiger partial charge in [-0.25, -0.2) is 4.98 Å². The molecule has 0 radical (unpaired) electrons. The number of carbonyl (C=O) groups excluding carboxylic acids is 1. The fourth-order valence-electron chi connectivity index (χ4n) is 5.28. The highest BCUT2D eigenvalue weighted by Gasteiger charge is 2.43. The lowest BCUT2D eigenvalue weighted by molar-refractivity contribution is -0.140. The first-order valence-corrected chi connectivity index (χ1v) is 13.3. The summed E-state index contributed by atoms with van der Waals surface area (Å²) in [5, 5.41) is 12.7. The van der Waals surface area contributed by atoms with Gasteiger partial charge in [0, 0.05) is 38.0 Å². The number of pyridine rings is 2. The van der Waals surface area contributed by atoms with Gasteiger partial charge in [-0.3, -0.25) is 9.59 Å². The largest absolute Gasteiger partial charge is 0.377 e. The lowest BCUT2D eigenvalue weighted by atomic mass is 9.77. The molecule has 6 heteroatoms. The number of hydrogen-bond donors (Lipinski definition) is 1. The highest BCUT2D eigenvalue weighted by molar-refractivity contribution is 6.39. The zero-order chi connectivity index (χ0) is 22.8. The Morgan fingerprint density at radius 1 is 1.16 bits per heavy atom. The number of rotatable bonds is 3. The summed E-state index contributed by atoms with van der Waals surface area (Å²) >= 11 is 0. The molecule has 0 bridgehead atoms. The van der Waals surface area contributed by atoms with E-state index in [1.54, 1.807) is 6.92 Å². The first kappa shape index (κ1) is 21.3. The fourth-order valence-corrected chi connectivity index (χ4v) is 6.85. The molecule has 3 heterocycles. The highest BCUT2D eigenvalue weighted by atomic mass is 28.2. The minimum Gasteiger partial charge on any atom is -0.377 e. The number of Topliss-reactive ketones (excluding diaryl/α,β-unsaturated/α-hetero) is 1. The molecule has 3 aromatic rings. The molecule has 0 spiro atoms. The second-order valence-electron chi connectivity index (χ2n) is 10.4. The van der Waals surface area contributed by atoms with Crippen LogP contribution in [0.2, 0.25) is 5.04 Å². The first-order chi connectivity index (χ1) is 15.1. The summed E-state index contributed by atoms with van der Waals surface area (Å²) in [6, 6.07) is 11.1. The van der Waals surface area contributed by atoms with E-state index < -0.39 is 15.1 Å². The molecule has 1 aliphatic heterocycles. The number of para-hydroxylation sites is 1. The molecule has 0 amide bonds. The number of fused-ring (bicyclic) bond motifs is 5. The van der Waals surface area contributed by atoms with Gasteiger partial charge in [-0.1, -0.05) is 45.9 Å². The van der Waals surface area contributed by atoms with Gasteiger partial charge in [0.15, 0.2) is 5.78 Å². The van der Waals surface area contributed by atoms with Crippen LogP contribution in [-0.4, -0.2) is 30.0 Å². The number of hydrogen-bond acceptors (Lipinski definition) is 4. The molecule has 1 atom stereocenters. The van der Waals surface area contributed by atoms with Crippen LogP contribution >= 0.6 is 0 Å². The smallest absolute Gasteiger partial charge is 0.254 e. The average molecular weight is 447 g/mol. The van der Waals surface area contributed by atoms with Crippen LogP contribution in [0.15, 0.2) is 35.1 Å². The molecule has 5 nitrogen and oxygen atoms in total. The van der Waals surface area contributed by atoms with E-state index in [0.717, 1.165) is 28.5 Å². The first-order valence-electron chi connectivity index (χ1n) is 11.6. The Bertz CT molecular complexity index is 1340. The van der Waals surface area contributed by atoms with Crippen molar-refractivity contribution in [2.45, 2.75) is 70.2 Å². The van der Waals surface area contributed by atoms with E-state index in [1.807, 2.05) is 22.8 Å². The molecule has 0 fully saturated rings. The minimum atomic E-state index is -1.58. The van der Waals surface area contributed by atoms with Crippen molar-refractivity contribution in [2.24, 2.45) is 0 Å². The van der Waals surface area contributed by atoms with Crippen LogP contribution < -0.4 is 5.56 Å². The van der Waals surface area contributed by atoms with Crippen LogP contribution in [-0.2, 0) is 29.4 Å². The Balaban J connectivity index is 1.76. The van der Waals surface area contributed by atoms with E-state index in [2.05, 4.69) is 32.9 Å². The highest BCUT2D eigenvalue weighted by Crippen LogP contribution is 2.41. The lowest BCUT2D eigenvalue weighted by Crippen LogP contribution is -2.43. The number of carbonyl (C=O) groups is 1. The summed E-state index contributed by atoms with van der Waals surface area (Å²) in [5.74, 6) is -0.196. The molecular weight excluding hydrogens is 416 g/mol. The van der Waals surface area contributed by atoms with Gasteiger partial charge in [-0.05, 0) is 41.6 Å². The number of benzene rings is 1. The molecule has 1 aliphatic carbocycles. The monoisotopic (exact) mass is 446 g/mol. The van der Waals surface area contributed by atoms with Crippen molar-refractivity contribution in [1.29, 1.82) is 0 Å². The molecule has 2 aliphatic rings. The molecule has 5 rings (SSSR count). The predicted molar refractivity (Wildman–Crippen MR) is 130 cm³/mol. The van der Waals surface area contributed by atoms with E-state index >= 15 is 0 Å². The zero-order valence-electron chi connectivity index (χ0n) is 19.3. The van der Waals surface area contributed by atoms with Crippen molar-refractivity contribution < 1.29 is 9.90 Å². The van der Waals surface area contributed by atoms with Gasteiger partial charge in [0.1, 0.15) is 5.60 Å². The van der Waals surface area contributed by atoms with Crippen molar-refractivity contribution in [3.05, 3.63) is 62.9 Å². The molecule has 1 N–H and O–H groups in total. The van der Waals surface area contributed by atoms with Crippen molar-refractivity contribution >= 4 is 26.2 Å². The Morgan fingerprint density at radius 2 is 1.91 bits per heavy atom. The van der Waals surface area contributed by atoms with Crippen LogP contribution in [0, 0.1) is 0 Å². The maximum atomic E-state index is 13.5. The van der Waals surface area contributed by atoms with Gasteiger partial charge in [0.05, 0.1) is 23.4 Å². The van der Waals surface area contributed by atoms with Crippen LogP contribution in [0.5, 0.6) is 0 Å². The quantitative estimate of drug-likeness (QED) is 0.490. The van der Waals surface area contributed by atoms with Crippen LogP contribution in [0.3, 0.4) is 0 Å². The van der Waals surface area contributed by atoms with E-state index in [-0.39, 0.29) is 24.2 Å². The zero-order valence-corrected chi connectivity index (χ0v) is 20.7. The number of nitrogens with zero attached hydrogens (tertiary/aromatic N) is 2. The summed E-state index contributed by atoms with van der Waals surface area (Å²) < 4.78 is 1.81. The Labute approximate surface area is 190 Å². The van der Waals surface area contributed by atoms with E-state index in [1.165, 1.54) is 10.9 Å². The maximum absolute atomic E-state index is 13.5. The summed E-state index contributed by atoms with van der Waals surface area (Å²) in [4.78, 5) is 31.1. The van der Waals surface area contributed by atoms with Crippen LogP contribution in [0.1, 0.15) is 62.8 Å². The van der Waals surface area contributed by atoms with Gasteiger partial charge < -0.3 is 9.67 Å². The second kappa shape index (κ2) is 7.22. The summed E-state index contributed by atoms with van der Waals surface area (Å²) in [5.41, 5.74) is 4.35. The second-order valence-corrected chi connectivity index (χ2v) is 13.6. The van der Waals surface area contributed by atoms with Crippen LogP contribution in [0.4, 0.5) is 0 Å². The summed E-state index contributed by atoms with van der Waals surface area (Å²) in [6.07, 6.45) is 0.872. The topological polar surface area (TPSA) is 72.2 Å². The fraction of sp³-hybridized carbons (Fsp3) is 0.423. The van der Waals surface area contributed by atoms with Crippen molar-refractivity contribution in [3.8, 4) is 11.4 Å². The minimum absolute atomic E-state index is 0.0852. The normalized spacial score (nSPS) is 20.1. The van der Waals surface area contributed by atoms with Crippen molar-refractivity contribution in [2.75, 3.05) is 0 Å². The predicted octanol–water partition coefficient (Wildman–Crippen LogP) is 3.43. The molecule has 2 aromatic heterocycles. The molecule has 0 unspecified atom stereocenters. The lowest BCUT2D eigenvalue weighted by Gasteiger charge is -2.32. The number of aliphatic hydroxyl groups is 1. The van der Waals surface area contributed by atoms with Crippen LogP contribution in [0.25, 0.3) is 22.3 Å². The SMILES string of the molecule is CC[C@@]1(O)C(=O)CCc2c1cc1n(c2=O)Cc2c-1nc1ccccc1c2C[SiH2]C(C)(C)C. The van der Waals surface area contributed by atoms with Gasteiger partial charge in [0.25, 0.3) is 5.56 Å². The van der Waals surface area contributed by atoms with Gasteiger partial charge in [-0.15, -0.1) is 0 Å². The Morgan fingerprint density at radius 3 is 2.62 bits per heavy atom. The van der Waals surface area contributed by atoms with E-state index in [0.29, 0.717) is 29.1 Å². The maximum Gasteiger partial charge on any atom is 0.254 e. The molecule has 166 valence electrons. The van der Waals surface area contributed by atoms with Crippen molar-refractivity contribution in [1.82, 2.24) is 9.55 Å². The van der Waals surface area contributed by atoms with E-state index in [4.69, 9.17) is 4.98 Å². The summed E-state index contributed by atoms with van der Waals surface area (Å²) in [6.45, 7) is 9.23. The number of aromatic nitrogens is 2. The standard InChI is InChI=1S/C26H30N2O3Si/c1-5-26(31)19-12-21-23-17(13-28(21)24(30)16(19)10-11-22(26)29)18(14-32-25(2,3)4)15-8-6-7-9-20(15)27-23/h6-9,12,31H,5,10-11,13-14,32H2,1-4H3/t26-/m0/s1. The third-order valence-electron chi connectivity index (χ3n) is 7.22. The number of ketones is 1. The molecule has 32 heavy (non-hydrogen) atoms. The van der Waals surface area contributed by atoms with Gasteiger partial charge >= 0.3 is 0 Å². The van der Waals surface area contributed by atoms with E-state index in [9.17, 15) is 14.7 Å². The molecule has 0 saturated carbocycles. The molecule has 0 saturated heterocycles. The van der Waals surface area contributed by atoms with Gasteiger partial charge in [0.2, 0.25) is 0 Å². The summed E-state index contributed by atoms with van der Waals surface area (Å²) in [7, 11) is -0.394. The Hall–Kier alpha value is -2.57. The Kier molecular flexibility index (Phi) is 4.80. The van der Waals surface area contributed by atoms with Crippen molar-refractivity contribution in [3.63, 3.8) is 0 Å².